The van der Waals surface area contributed by atoms with Crippen LogP contribution < -0.4 is 14.2 Å². The molecule has 0 atom stereocenters. The molecule has 0 saturated carbocycles. The molecule has 6 heteroatoms. The number of ether oxygens (including phenoxy) is 3. The molecule has 0 spiro atoms. The maximum absolute atomic E-state index is 12.8. The van der Waals surface area contributed by atoms with Crippen LogP contribution in [-0.2, 0) is 9.59 Å². The first-order valence-corrected chi connectivity index (χ1v) is 11.0. The number of aryl methyl sites for hydroxylation is 2. The highest BCUT2D eigenvalue weighted by atomic mass is 16.5. The van der Waals surface area contributed by atoms with Crippen LogP contribution in [0.15, 0.2) is 72.8 Å². The van der Waals surface area contributed by atoms with Crippen LogP contribution in [-0.4, -0.2) is 17.9 Å². The van der Waals surface area contributed by atoms with Crippen molar-refractivity contribution >= 4 is 28.7 Å². The fourth-order valence-corrected chi connectivity index (χ4v) is 3.78. The van der Waals surface area contributed by atoms with Gasteiger partial charge in [-0.25, -0.2) is 4.79 Å². The lowest BCUT2D eigenvalue weighted by atomic mass is 10.0. The molecule has 0 saturated heterocycles. The van der Waals surface area contributed by atoms with Crippen LogP contribution in [0, 0.1) is 13.8 Å². The van der Waals surface area contributed by atoms with Gasteiger partial charge >= 0.3 is 17.9 Å². The third-order valence-corrected chi connectivity index (χ3v) is 5.45. The van der Waals surface area contributed by atoms with E-state index >= 15 is 0 Å². The van der Waals surface area contributed by atoms with E-state index < -0.39 is 5.97 Å². The zero-order valence-corrected chi connectivity index (χ0v) is 19.9. The Hall–Kier alpha value is -4.45. The molecule has 0 aromatic heterocycles. The Labute approximate surface area is 203 Å². The standard InChI is InChI=1S/C29H24O6/c1-17-13-21(8-11-27(17)34-20(4)31)22-9-12-28(18(2)14-22)35-29(32)25-6-5-24-16-26(33-19(3)30)10-7-23(24)15-25/h5-16H,1-4H3. The summed E-state index contributed by atoms with van der Waals surface area (Å²) in [6.45, 7) is 6.48. The number of benzene rings is 4. The lowest BCUT2D eigenvalue weighted by Gasteiger charge is -2.12. The van der Waals surface area contributed by atoms with Crippen LogP contribution in [0.3, 0.4) is 0 Å². The van der Waals surface area contributed by atoms with E-state index in [0.717, 1.165) is 33.0 Å². The minimum absolute atomic E-state index is 0.360. The van der Waals surface area contributed by atoms with Crippen molar-refractivity contribution in [3.8, 4) is 28.4 Å². The van der Waals surface area contributed by atoms with Gasteiger partial charge in [0.15, 0.2) is 0 Å². The first-order valence-electron chi connectivity index (χ1n) is 11.0. The van der Waals surface area contributed by atoms with Crippen molar-refractivity contribution in [1.82, 2.24) is 0 Å². The Bertz CT molecular complexity index is 1470. The Kier molecular flexibility index (Phi) is 6.64. The summed E-state index contributed by atoms with van der Waals surface area (Å²) in [6.07, 6.45) is 0. The first kappa shape index (κ1) is 23.7. The number of rotatable bonds is 5. The summed E-state index contributed by atoms with van der Waals surface area (Å²) in [5.74, 6) is 0.237. The van der Waals surface area contributed by atoms with Crippen LogP contribution in [0.1, 0.15) is 35.3 Å². The van der Waals surface area contributed by atoms with Crippen LogP contribution in [0.4, 0.5) is 0 Å². The molecule has 0 heterocycles. The molecule has 0 aliphatic carbocycles. The van der Waals surface area contributed by atoms with E-state index in [4.69, 9.17) is 14.2 Å². The van der Waals surface area contributed by atoms with Gasteiger partial charge in [-0.1, -0.05) is 24.3 Å². The highest BCUT2D eigenvalue weighted by Gasteiger charge is 2.13. The summed E-state index contributed by atoms with van der Waals surface area (Å²) in [5.41, 5.74) is 3.99. The molecule has 0 radical (unpaired) electrons. The molecule has 176 valence electrons. The largest absolute Gasteiger partial charge is 0.427 e. The number of hydrogen-bond donors (Lipinski definition) is 0. The number of hydrogen-bond acceptors (Lipinski definition) is 6. The molecular formula is C29H24O6. The highest BCUT2D eigenvalue weighted by Crippen LogP contribution is 2.30. The fourth-order valence-electron chi connectivity index (χ4n) is 3.78. The molecule has 0 N–H and O–H groups in total. The van der Waals surface area contributed by atoms with Crippen LogP contribution in [0.5, 0.6) is 17.2 Å². The van der Waals surface area contributed by atoms with E-state index in [1.165, 1.54) is 13.8 Å². The molecule has 35 heavy (non-hydrogen) atoms. The molecule has 0 aliphatic heterocycles. The van der Waals surface area contributed by atoms with E-state index in [1.807, 2.05) is 38.1 Å². The third kappa shape index (κ3) is 5.55. The zero-order valence-electron chi connectivity index (χ0n) is 19.9. The van der Waals surface area contributed by atoms with Crippen LogP contribution in [0.25, 0.3) is 21.9 Å². The SMILES string of the molecule is CC(=O)Oc1ccc2cc(C(=O)Oc3ccc(-c4ccc(OC(C)=O)c(C)c4)cc3C)ccc2c1. The third-order valence-electron chi connectivity index (χ3n) is 5.45. The van der Waals surface area contributed by atoms with Crippen molar-refractivity contribution in [3.63, 3.8) is 0 Å². The summed E-state index contributed by atoms with van der Waals surface area (Å²) >= 11 is 0. The molecular weight excluding hydrogens is 444 g/mol. The molecule has 0 fully saturated rings. The monoisotopic (exact) mass is 468 g/mol. The Morgan fingerprint density at radius 1 is 0.571 bits per heavy atom. The highest BCUT2D eigenvalue weighted by molar-refractivity contribution is 5.97. The summed E-state index contributed by atoms with van der Waals surface area (Å²) in [7, 11) is 0. The number of esters is 3. The Balaban J connectivity index is 1.52. The van der Waals surface area contributed by atoms with Gasteiger partial charge in [0.05, 0.1) is 5.56 Å². The molecule has 0 bridgehead atoms. The second-order valence-electron chi connectivity index (χ2n) is 8.26. The maximum atomic E-state index is 12.8. The van der Waals surface area contributed by atoms with E-state index in [9.17, 15) is 14.4 Å². The first-order chi connectivity index (χ1) is 16.7. The second kappa shape index (κ2) is 9.81. The summed E-state index contributed by atoms with van der Waals surface area (Å²) in [6, 6.07) is 21.6. The van der Waals surface area contributed by atoms with Gasteiger partial charge in [0.1, 0.15) is 17.2 Å². The van der Waals surface area contributed by atoms with E-state index in [0.29, 0.717) is 22.8 Å². The van der Waals surface area contributed by atoms with Crippen molar-refractivity contribution in [2.75, 3.05) is 0 Å². The minimum Gasteiger partial charge on any atom is -0.427 e. The lowest BCUT2D eigenvalue weighted by Crippen LogP contribution is -2.09. The molecule has 0 amide bonds. The van der Waals surface area contributed by atoms with Gasteiger partial charge in [0.2, 0.25) is 0 Å². The number of carbonyl (C=O) groups excluding carboxylic acids is 3. The van der Waals surface area contributed by atoms with Gasteiger partial charge < -0.3 is 14.2 Å². The Morgan fingerprint density at radius 2 is 1.11 bits per heavy atom. The molecule has 6 nitrogen and oxygen atoms in total. The van der Waals surface area contributed by atoms with Crippen molar-refractivity contribution in [1.29, 1.82) is 0 Å². The molecule has 4 aromatic carbocycles. The predicted molar refractivity (Wildman–Crippen MR) is 133 cm³/mol. The van der Waals surface area contributed by atoms with Gasteiger partial charge in [-0.05, 0) is 95.4 Å². The number of carbonyl (C=O) groups is 3. The van der Waals surface area contributed by atoms with Gasteiger partial charge in [0, 0.05) is 13.8 Å². The minimum atomic E-state index is -0.464. The van der Waals surface area contributed by atoms with E-state index in [-0.39, 0.29) is 11.9 Å². The normalized spacial score (nSPS) is 10.6. The van der Waals surface area contributed by atoms with Gasteiger partial charge in [-0.15, -0.1) is 0 Å². The average Bonchev–Trinajstić information content (AvgIpc) is 2.80. The van der Waals surface area contributed by atoms with Crippen LogP contribution in [0.2, 0.25) is 0 Å². The van der Waals surface area contributed by atoms with Crippen LogP contribution >= 0.6 is 0 Å². The van der Waals surface area contributed by atoms with E-state index in [2.05, 4.69) is 0 Å². The number of fused-ring (bicyclic) bond motifs is 1. The average molecular weight is 469 g/mol. The van der Waals surface area contributed by atoms with Crippen molar-refractivity contribution in [3.05, 3.63) is 89.5 Å². The molecule has 4 aromatic rings. The summed E-state index contributed by atoms with van der Waals surface area (Å²) < 4.78 is 16.0. The second-order valence-corrected chi connectivity index (χ2v) is 8.26. The topological polar surface area (TPSA) is 78.9 Å². The quantitative estimate of drug-likeness (QED) is 0.257. The predicted octanol–water partition coefficient (Wildman–Crippen LogP) is 6.19. The van der Waals surface area contributed by atoms with Crippen molar-refractivity contribution < 1.29 is 28.6 Å². The summed E-state index contributed by atoms with van der Waals surface area (Å²) in [4.78, 5) is 35.2. The van der Waals surface area contributed by atoms with E-state index in [1.54, 1.807) is 48.5 Å². The summed E-state index contributed by atoms with van der Waals surface area (Å²) in [5, 5.41) is 1.67. The lowest BCUT2D eigenvalue weighted by molar-refractivity contribution is -0.132. The fraction of sp³-hybridized carbons (Fsp3) is 0.138. The molecule has 0 unspecified atom stereocenters. The Morgan fingerprint density at radius 3 is 1.69 bits per heavy atom. The van der Waals surface area contributed by atoms with Crippen molar-refractivity contribution in [2.45, 2.75) is 27.7 Å². The zero-order chi connectivity index (χ0) is 25.1. The molecule has 4 rings (SSSR count). The van der Waals surface area contributed by atoms with Gasteiger partial charge in [-0.3, -0.25) is 9.59 Å². The molecule has 0 aliphatic rings. The smallest absolute Gasteiger partial charge is 0.343 e. The van der Waals surface area contributed by atoms with Gasteiger partial charge in [-0.2, -0.15) is 0 Å². The van der Waals surface area contributed by atoms with Crippen molar-refractivity contribution in [2.24, 2.45) is 0 Å². The van der Waals surface area contributed by atoms with Gasteiger partial charge in [0.25, 0.3) is 0 Å². The maximum Gasteiger partial charge on any atom is 0.343 e.